The maximum atomic E-state index is 13.0. The van der Waals surface area contributed by atoms with Gasteiger partial charge in [0.2, 0.25) is 11.8 Å². The van der Waals surface area contributed by atoms with Gasteiger partial charge in [0.1, 0.15) is 12.3 Å². The van der Waals surface area contributed by atoms with Crippen LogP contribution in [-0.4, -0.2) is 41.5 Å². The average Bonchev–Trinajstić information content (AvgIpc) is 2.64. The highest BCUT2D eigenvalue weighted by molar-refractivity contribution is 6.11. The Bertz CT molecular complexity index is 946. The normalized spacial score (nSPS) is 15.1. The van der Waals surface area contributed by atoms with Gasteiger partial charge >= 0.3 is 6.18 Å². The number of hydrogen-bond donors (Lipinski definition) is 2. The topological polar surface area (TPSA) is 72.9 Å². The number of alkyl halides is 3. The molecule has 29 heavy (non-hydrogen) atoms. The van der Waals surface area contributed by atoms with Gasteiger partial charge in [-0.05, 0) is 49.9 Å². The number of phenolic OH excluding ortho intramolecular Hbond substituents is 1. The maximum Gasteiger partial charge on any atom is 0.416 e. The van der Waals surface area contributed by atoms with Crippen molar-refractivity contribution < 1.29 is 27.9 Å². The molecule has 2 aromatic rings. The van der Waals surface area contributed by atoms with Crippen LogP contribution in [-0.2, 0) is 22.3 Å². The zero-order valence-corrected chi connectivity index (χ0v) is 15.8. The molecule has 1 unspecified atom stereocenters. The van der Waals surface area contributed by atoms with Crippen molar-refractivity contribution in [2.45, 2.75) is 25.7 Å². The van der Waals surface area contributed by atoms with Gasteiger partial charge in [-0.15, -0.1) is 0 Å². The van der Waals surface area contributed by atoms with E-state index in [0.717, 1.165) is 17.7 Å². The number of carbonyl (C=O) groups excluding carboxylic acids is 2. The lowest BCUT2D eigenvalue weighted by Crippen LogP contribution is -2.50. The highest BCUT2D eigenvalue weighted by Crippen LogP contribution is 2.37. The first-order valence-corrected chi connectivity index (χ1v) is 8.87. The molecule has 0 spiro atoms. The van der Waals surface area contributed by atoms with E-state index in [-0.39, 0.29) is 23.7 Å². The predicted molar refractivity (Wildman–Crippen MR) is 101 cm³/mol. The van der Waals surface area contributed by atoms with Crippen LogP contribution in [0, 0.1) is 0 Å². The molecule has 6 nitrogen and oxygen atoms in total. The standard InChI is InChI=1S/C20H20F3N3O3/c1-12(25(2)10-13-4-3-5-15(27)8-13)19(29)26-11-18(28)24-16-9-14(20(21,22)23)6-7-17(16)26/h3-9,12,27H,10-11H2,1-2H3,(H,24,28). The molecular weight excluding hydrogens is 387 g/mol. The van der Waals surface area contributed by atoms with Gasteiger partial charge in [-0.25, -0.2) is 0 Å². The van der Waals surface area contributed by atoms with E-state index < -0.39 is 29.6 Å². The molecule has 0 fully saturated rings. The SMILES string of the molecule is CC(C(=O)N1CC(=O)Nc2cc(C(F)(F)F)ccc21)N(C)Cc1cccc(O)c1. The van der Waals surface area contributed by atoms with Gasteiger partial charge in [-0.3, -0.25) is 19.4 Å². The van der Waals surface area contributed by atoms with E-state index in [4.69, 9.17) is 0 Å². The van der Waals surface area contributed by atoms with E-state index in [2.05, 4.69) is 5.32 Å². The number of fused-ring (bicyclic) bond motifs is 1. The summed E-state index contributed by atoms with van der Waals surface area (Å²) in [4.78, 5) is 27.9. The minimum absolute atomic E-state index is 0.0488. The number of nitrogens with zero attached hydrogens (tertiary/aromatic N) is 2. The van der Waals surface area contributed by atoms with Gasteiger partial charge in [0.05, 0.1) is 23.0 Å². The number of hydrogen-bond acceptors (Lipinski definition) is 4. The number of likely N-dealkylation sites (N-methyl/N-ethyl adjacent to an activating group) is 1. The van der Waals surface area contributed by atoms with Crippen LogP contribution in [0.1, 0.15) is 18.1 Å². The third-order valence-electron chi connectivity index (χ3n) is 4.82. The summed E-state index contributed by atoms with van der Waals surface area (Å²) in [5.74, 6) is -0.867. The lowest BCUT2D eigenvalue weighted by molar-refractivity contribution is -0.137. The summed E-state index contributed by atoms with van der Waals surface area (Å²) < 4.78 is 38.9. The third-order valence-corrected chi connectivity index (χ3v) is 4.82. The molecule has 0 aliphatic carbocycles. The van der Waals surface area contributed by atoms with Crippen LogP contribution in [0.3, 0.4) is 0 Å². The highest BCUT2D eigenvalue weighted by Gasteiger charge is 2.35. The molecule has 0 radical (unpaired) electrons. The summed E-state index contributed by atoms with van der Waals surface area (Å²) in [5, 5.41) is 12.0. The Kier molecular flexibility index (Phi) is 5.52. The van der Waals surface area contributed by atoms with Gasteiger partial charge in [-0.1, -0.05) is 12.1 Å². The fourth-order valence-corrected chi connectivity index (χ4v) is 3.16. The van der Waals surface area contributed by atoms with E-state index in [0.29, 0.717) is 6.54 Å². The van der Waals surface area contributed by atoms with Crippen LogP contribution in [0.2, 0.25) is 0 Å². The van der Waals surface area contributed by atoms with Crippen LogP contribution in [0.15, 0.2) is 42.5 Å². The molecular formula is C20H20F3N3O3. The van der Waals surface area contributed by atoms with Crippen LogP contribution in [0.5, 0.6) is 5.75 Å². The van der Waals surface area contributed by atoms with Gasteiger partial charge < -0.3 is 10.4 Å². The first kappa shape index (κ1) is 20.7. The Hall–Kier alpha value is -3.07. The Labute approximate surface area is 165 Å². The summed E-state index contributed by atoms with van der Waals surface area (Å²) >= 11 is 0. The molecule has 9 heteroatoms. The van der Waals surface area contributed by atoms with E-state index in [1.807, 2.05) is 0 Å². The first-order chi connectivity index (χ1) is 13.6. The van der Waals surface area contributed by atoms with Crippen molar-refractivity contribution in [3.63, 3.8) is 0 Å². The minimum Gasteiger partial charge on any atom is -0.508 e. The highest BCUT2D eigenvalue weighted by atomic mass is 19.4. The molecule has 2 amide bonds. The Morgan fingerprint density at radius 2 is 2.00 bits per heavy atom. The van der Waals surface area contributed by atoms with Crippen molar-refractivity contribution in [2.24, 2.45) is 0 Å². The second-order valence-corrected chi connectivity index (χ2v) is 6.96. The number of carbonyl (C=O) groups is 2. The van der Waals surface area contributed by atoms with E-state index in [9.17, 15) is 27.9 Å². The molecule has 0 aromatic heterocycles. The van der Waals surface area contributed by atoms with Crippen LogP contribution < -0.4 is 10.2 Å². The van der Waals surface area contributed by atoms with E-state index in [1.165, 1.54) is 17.0 Å². The molecule has 0 saturated carbocycles. The summed E-state index contributed by atoms with van der Waals surface area (Å²) in [6, 6.07) is 8.86. The molecule has 1 aliphatic rings. The molecule has 3 rings (SSSR count). The Morgan fingerprint density at radius 1 is 1.28 bits per heavy atom. The van der Waals surface area contributed by atoms with Crippen molar-refractivity contribution in [3.8, 4) is 5.75 Å². The Balaban J connectivity index is 1.82. The van der Waals surface area contributed by atoms with Crippen LogP contribution in [0.25, 0.3) is 0 Å². The van der Waals surface area contributed by atoms with E-state index in [1.54, 1.807) is 37.1 Å². The summed E-state index contributed by atoms with van der Waals surface area (Å²) in [5.41, 5.74) is 0.0612. The summed E-state index contributed by atoms with van der Waals surface area (Å²) in [6.45, 7) is 1.74. The summed E-state index contributed by atoms with van der Waals surface area (Å²) in [7, 11) is 1.71. The van der Waals surface area contributed by atoms with Crippen LogP contribution in [0.4, 0.5) is 24.5 Å². The maximum absolute atomic E-state index is 13.0. The monoisotopic (exact) mass is 407 g/mol. The molecule has 0 saturated heterocycles. The molecule has 1 atom stereocenters. The lowest BCUT2D eigenvalue weighted by atomic mass is 10.1. The molecule has 154 valence electrons. The molecule has 1 heterocycles. The number of halogens is 3. The molecule has 2 aromatic carbocycles. The second-order valence-electron chi connectivity index (χ2n) is 6.96. The van der Waals surface area contributed by atoms with Crippen molar-refractivity contribution in [3.05, 3.63) is 53.6 Å². The average molecular weight is 407 g/mol. The number of amides is 2. The zero-order chi connectivity index (χ0) is 21.3. The number of phenols is 1. The fraction of sp³-hybridized carbons (Fsp3) is 0.300. The largest absolute Gasteiger partial charge is 0.508 e. The van der Waals surface area contributed by atoms with Crippen molar-refractivity contribution in [2.75, 3.05) is 23.8 Å². The molecule has 2 N–H and O–H groups in total. The Morgan fingerprint density at radius 3 is 2.66 bits per heavy atom. The second kappa shape index (κ2) is 7.75. The lowest BCUT2D eigenvalue weighted by Gasteiger charge is -2.34. The van der Waals surface area contributed by atoms with Gasteiger partial charge in [-0.2, -0.15) is 13.2 Å². The number of benzene rings is 2. The van der Waals surface area contributed by atoms with Crippen molar-refractivity contribution >= 4 is 23.2 Å². The number of aromatic hydroxyl groups is 1. The van der Waals surface area contributed by atoms with Crippen LogP contribution >= 0.6 is 0 Å². The summed E-state index contributed by atoms with van der Waals surface area (Å²) in [6.07, 6.45) is -4.55. The number of rotatable bonds is 4. The number of nitrogens with one attached hydrogen (secondary N) is 1. The first-order valence-electron chi connectivity index (χ1n) is 8.87. The fourth-order valence-electron chi connectivity index (χ4n) is 3.16. The van der Waals surface area contributed by atoms with Gasteiger partial charge in [0, 0.05) is 6.54 Å². The molecule has 0 bridgehead atoms. The molecule has 1 aliphatic heterocycles. The van der Waals surface area contributed by atoms with Gasteiger partial charge in [0.25, 0.3) is 0 Å². The number of anilines is 2. The third kappa shape index (κ3) is 4.51. The quantitative estimate of drug-likeness (QED) is 0.817. The smallest absolute Gasteiger partial charge is 0.416 e. The minimum atomic E-state index is -4.55. The van der Waals surface area contributed by atoms with Crippen molar-refractivity contribution in [1.29, 1.82) is 0 Å². The predicted octanol–water partition coefficient (Wildman–Crippen LogP) is 3.22. The van der Waals surface area contributed by atoms with Gasteiger partial charge in [0.15, 0.2) is 0 Å². The van der Waals surface area contributed by atoms with E-state index >= 15 is 0 Å². The van der Waals surface area contributed by atoms with Crippen molar-refractivity contribution in [1.82, 2.24) is 4.90 Å². The zero-order valence-electron chi connectivity index (χ0n) is 15.8.